The molecule has 0 aliphatic carbocycles. The lowest BCUT2D eigenvalue weighted by Gasteiger charge is -2.17. The van der Waals surface area contributed by atoms with Crippen molar-refractivity contribution in [1.29, 1.82) is 0 Å². The minimum Gasteiger partial charge on any atom is -0.496 e. The van der Waals surface area contributed by atoms with Crippen molar-refractivity contribution in [2.45, 2.75) is 25.3 Å². The number of benzene rings is 4. The van der Waals surface area contributed by atoms with Gasteiger partial charge in [-0.25, -0.2) is 0 Å². The van der Waals surface area contributed by atoms with Crippen LogP contribution in [0.3, 0.4) is 0 Å². The van der Waals surface area contributed by atoms with Crippen molar-refractivity contribution in [1.82, 2.24) is 5.32 Å². The number of anilines is 1. The number of nitrogens with one attached hydrogen (secondary N) is 2. The summed E-state index contributed by atoms with van der Waals surface area (Å²) in [6.07, 6.45) is -9.44. The molecule has 13 heteroatoms. The Morgan fingerprint density at radius 3 is 2.02 bits per heavy atom. The molecule has 0 aliphatic heterocycles. The molecule has 0 radical (unpaired) electrons. The molecule has 0 atom stereocenters. The number of carbonyl (C=O) groups is 2. The number of amides is 1. The summed E-state index contributed by atoms with van der Waals surface area (Å²) in [6, 6.07) is 17.2. The van der Waals surface area contributed by atoms with Crippen LogP contribution in [-0.2, 0) is 23.7 Å². The summed E-state index contributed by atoms with van der Waals surface area (Å²) >= 11 is 6.11. The number of methoxy groups -OCH3 is 1. The molecule has 1 amide bonds. The average molecular weight is 651 g/mol. The van der Waals surface area contributed by atoms with Crippen LogP contribution in [0, 0.1) is 0 Å². The Labute approximate surface area is 258 Å². The van der Waals surface area contributed by atoms with Crippen molar-refractivity contribution >= 4 is 29.2 Å². The lowest BCUT2D eigenvalue weighted by atomic mass is 9.95. The number of alkyl halides is 6. The van der Waals surface area contributed by atoms with Crippen LogP contribution >= 0.6 is 11.6 Å². The first kappa shape index (κ1) is 33.2. The summed E-state index contributed by atoms with van der Waals surface area (Å²) < 4.78 is 85.2. The Balaban J connectivity index is 1.59. The van der Waals surface area contributed by atoms with Gasteiger partial charge in [0.15, 0.2) is 0 Å². The molecule has 3 N–H and O–H groups in total. The SMILES string of the molecule is COc1cc(-c2cc(C(F)(F)F)ccc2CNc2ccc(-c3ccc(C(F)(F)F)cc3Cl)cc2)ccc1C(=O)NCCC(=O)O. The summed E-state index contributed by atoms with van der Waals surface area (Å²) in [5.74, 6) is -1.62. The highest BCUT2D eigenvalue weighted by molar-refractivity contribution is 6.33. The van der Waals surface area contributed by atoms with Crippen molar-refractivity contribution in [3.63, 3.8) is 0 Å². The minimum atomic E-state index is -4.62. The number of carbonyl (C=O) groups excluding carboxylic acids is 1. The predicted molar refractivity (Wildman–Crippen MR) is 157 cm³/mol. The molecular weight excluding hydrogens is 626 g/mol. The fourth-order valence-corrected chi connectivity index (χ4v) is 4.78. The van der Waals surface area contributed by atoms with E-state index in [9.17, 15) is 35.9 Å². The van der Waals surface area contributed by atoms with Crippen LogP contribution < -0.4 is 15.4 Å². The zero-order valence-corrected chi connectivity index (χ0v) is 24.2. The van der Waals surface area contributed by atoms with E-state index in [4.69, 9.17) is 21.4 Å². The first-order chi connectivity index (χ1) is 21.2. The molecule has 45 heavy (non-hydrogen) atoms. The van der Waals surface area contributed by atoms with E-state index in [0.717, 1.165) is 24.3 Å². The standard InChI is InChI=1S/C32H25ClF6N2O4/c1-45-28-14-19(5-10-25(28)30(44)40-13-12-29(42)43)26-15-21(31(34,35)36)6-2-20(26)17-41-23-8-3-18(4-9-23)24-11-7-22(16-27(24)33)32(37,38)39/h2-11,14-16,41H,12-13,17H2,1H3,(H,40,44)(H,42,43). The number of ether oxygens (including phenoxy) is 1. The third-order valence-corrected chi connectivity index (χ3v) is 7.11. The highest BCUT2D eigenvalue weighted by atomic mass is 35.5. The van der Waals surface area contributed by atoms with Crippen molar-refractivity contribution in [3.8, 4) is 28.0 Å². The fourth-order valence-electron chi connectivity index (χ4n) is 4.49. The van der Waals surface area contributed by atoms with Gasteiger partial charge in [-0.1, -0.05) is 41.9 Å². The molecule has 4 rings (SSSR count). The first-order valence-electron chi connectivity index (χ1n) is 13.3. The van der Waals surface area contributed by atoms with Crippen LogP contribution in [0.1, 0.15) is 33.5 Å². The summed E-state index contributed by atoms with van der Waals surface area (Å²) in [5, 5.41) is 14.3. The van der Waals surface area contributed by atoms with E-state index < -0.39 is 35.4 Å². The van der Waals surface area contributed by atoms with Gasteiger partial charge in [-0.3, -0.25) is 9.59 Å². The maximum atomic E-state index is 13.6. The molecule has 0 unspecified atom stereocenters. The van der Waals surface area contributed by atoms with Crippen molar-refractivity contribution in [3.05, 3.63) is 106 Å². The number of carboxylic acids is 1. The predicted octanol–water partition coefficient (Wildman–Crippen LogP) is 8.54. The van der Waals surface area contributed by atoms with E-state index in [1.807, 2.05) is 0 Å². The van der Waals surface area contributed by atoms with Crippen molar-refractivity contribution in [2.75, 3.05) is 19.0 Å². The maximum absolute atomic E-state index is 13.6. The molecule has 4 aromatic rings. The second-order valence-electron chi connectivity index (χ2n) is 9.81. The Kier molecular flexibility index (Phi) is 9.97. The molecule has 0 saturated carbocycles. The average Bonchev–Trinajstić information content (AvgIpc) is 2.98. The van der Waals surface area contributed by atoms with Gasteiger partial charge >= 0.3 is 18.3 Å². The largest absolute Gasteiger partial charge is 0.496 e. The van der Waals surface area contributed by atoms with Gasteiger partial charge in [0.05, 0.1) is 30.2 Å². The normalized spacial score (nSPS) is 11.6. The number of rotatable bonds is 10. The lowest BCUT2D eigenvalue weighted by Crippen LogP contribution is -2.26. The van der Waals surface area contributed by atoms with Gasteiger partial charge in [-0.15, -0.1) is 0 Å². The third kappa shape index (κ3) is 8.27. The molecule has 0 heterocycles. The van der Waals surface area contributed by atoms with Gasteiger partial charge < -0.3 is 20.5 Å². The van der Waals surface area contributed by atoms with Gasteiger partial charge in [0.25, 0.3) is 5.91 Å². The van der Waals surface area contributed by atoms with Crippen LogP contribution in [0.4, 0.5) is 32.0 Å². The molecule has 6 nitrogen and oxygen atoms in total. The highest BCUT2D eigenvalue weighted by Crippen LogP contribution is 2.38. The molecule has 0 aromatic heterocycles. The zero-order chi connectivity index (χ0) is 32.9. The van der Waals surface area contributed by atoms with Gasteiger partial charge in [-0.05, 0) is 70.8 Å². The number of aliphatic carboxylic acids is 1. The molecule has 0 spiro atoms. The molecule has 4 aromatic carbocycles. The lowest BCUT2D eigenvalue weighted by molar-refractivity contribution is -0.138. The second kappa shape index (κ2) is 13.5. The van der Waals surface area contributed by atoms with E-state index >= 15 is 0 Å². The molecule has 236 valence electrons. The molecule has 0 bridgehead atoms. The van der Waals surface area contributed by atoms with Crippen LogP contribution in [0.5, 0.6) is 5.75 Å². The van der Waals surface area contributed by atoms with E-state index in [0.29, 0.717) is 27.9 Å². The number of hydrogen-bond acceptors (Lipinski definition) is 4. The molecule has 0 saturated heterocycles. The van der Waals surface area contributed by atoms with Crippen LogP contribution in [0.25, 0.3) is 22.3 Å². The minimum absolute atomic E-state index is 0.0703. The maximum Gasteiger partial charge on any atom is 0.416 e. The van der Waals surface area contributed by atoms with Gasteiger partial charge in [0.1, 0.15) is 5.75 Å². The van der Waals surface area contributed by atoms with E-state index in [-0.39, 0.29) is 41.4 Å². The highest BCUT2D eigenvalue weighted by Gasteiger charge is 2.32. The van der Waals surface area contributed by atoms with Crippen LogP contribution in [0.15, 0.2) is 78.9 Å². The monoisotopic (exact) mass is 650 g/mol. The summed E-state index contributed by atoms with van der Waals surface area (Å²) in [5.41, 5.74) is 0.916. The summed E-state index contributed by atoms with van der Waals surface area (Å²) in [7, 11) is 1.29. The Morgan fingerprint density at radius 2 is 1.42 bits per heavy atom. The van der Waals surface area contributed by atoms with E-state index in [1.165, 1.54) is 37.4 Å². The fraction of sp³-hybridized carbons (Fsp3) is 0.188. The smallest absolute Gasteiger partial charge is 0.416 e. The quantitative estimate of drug-likeness (QED) is 0.150. The Bertz CT molecular complexity index is 1710. The van der Waals surface area contributed by atoms with Gasteiger partial charge in [0.2, 0.25) is 0 Å². The topological polar surface area (TPSA) is 87.7 Å². The van der Waals surface area contributed by atoms with Crippen LogP contribution in [-0.4, -0.2) is 30.6 Å². The van der Waals surface area contributed by atoms with Crippen molar-refractivity contribution in [2.24, 2.45) is 0 Å². The summed E-state index contributed by atoms with van der Waals surface area (Å²) in [4.78, 5) is 23.3. The first-order valence-corrected chi connectivity index (χ1v) is 13.6. The Hall–Kier alpha value is -4.71. The number of hydrogen-bond donors (Lipinski definition) is 3. The van der Waals surface area contributed by atoms with Crippen molar-refractivity contribution < 1.29 is 45.8 Å². The molecule has 0 fully saturated rings. The number of halogens is 7. The van der Waals surface area contributed by atoms with E-state index in [2.05, 4.69) is 10.6 Å². The summed E-state index contributed by atoms with van der Waals surface area (Å²) in [6.45, 7) is -0.0333. The van der Waals surface area contributed by atoms with Crippen LogP contribution in [0.2, 0.25) is 5.02 Å². The van der Waals surface area contributed by atoms with Gasteiger partial charge in [-0.2, -0.15) is 26.3 Å². The van der Waals surface area contributed by atoms with E-state index in [1.54, 1.807) is 24.3 Å². The number of carboxylic acid groups (broad SMARTS) is 1. The molecular formula is C32H25ClF6N2O4. The second-order valence-corrected chi connectivity index (χ2v) is 10.2. The van der Waals surface area contributed by atoms with Gasteiger partial charge in [0, 0.05) is 29.4 Å². The molecule has 0 aliphatic rings. The zero-order valence-electron chi connectivity index (χ0n) is 23.4. The Morgan fingerprint density at radius 1 is 0.800 bits per heavy atom. The third-order valence-electron chi connectivity index (χ3n) is 6.79.